The van der Waals surface area contributed by atoms with Gasteiger partial charge in [0.2, 0.25) is 11.8 Å². The van der Waals surface area contributed by atoms with Crippen LogP contribution in [0.4, 0.5) is 8.78 Å². The van der Waals surface area contributed by atoms with Crippen molar-refractivity contribution in [2.75, 3.05) is 13.1 Å². The molecule has 5 nitrogen and oxygen atoms in total. The van der Waals surface area contributed by atoms with Gasteiger partial charge in [0, 0.05) is 25.0 Å². The Morgan fingerprint density at radius 1 is 0.971 bits per heavy atom. The lowest BCUT2D eigenvalue weighted by atomic mass is 9.88. The summed E-state index contributed by atoms with van der Waals surface area (Å²) < 4.78 is 27.1. The van der Waals surface area contributed by atoms with E-state index in [2.05, 4.69) is 26.1 Å². The van der Waals surface area contributed by atoms with Gasteiger partial charge in [-0.3, -0.25) is 9.59 Å². The summed E-state index contributed by atoms with van der Waals surface area (Å²) in [6.07, 6.45) is 2.40. The van der Waals surface area contributed by atoms with Gasteiger partial charge in [0.15, 0.2) is 0 Å². The van der Waals surface area contributed by atoms with Gasteiger partial charge in [0.25, 0.3) is 0 Å². The lowest BCUT2D eigenvalue weighted by Crippen LogP contribution is -2.46. The summed E-state index contributed by atoms with van der Waals surface area (Å²) in [5.41, 5.74) is 7.47. The third-order valence-corrected chi connectivity index (χ3v) is 7.31. The molecule has 0 radical (unpaired) electrons. The largest absolute Gasteiger partial charge is 0.352 e. The summed E-state index contributed by atoms with van der Waals surface area (Å²) in [7, 11) is 0. The molecule has 7 heteroatoms. The molecule has 0 bridgehead atoms. The number of likely N-dealkylation sites (tertiary alicyclic amines) is 1. The molecule has 0 spiro atoms. The van der Waals surface area contributed by atoms with Crippen LogP contribution < -0.4 is 11.1 Å². The number of hydrogen-bond acceptors (Lipinski definition) is 3. The maximum absolute atomic E-state index is 13.5. The van der Waals surface area contributed by atoms with Crippen molar-refractivity contribution in [3.8, 4) is 0 Å². The van der Waals surface area contributed by atoms with Crippen LogP contribution in [0.3, 0.4) is 0 Å². The van der Waals surface area contributed by atoms with E-state index < -0.39 is 12.0 Å². The lowest BCUT2D eigenvalue weighted by molar-refractivity contribution is -0.132. The van der Waals surface area contributed by atoms with E-state index >= 15 is 0 Å². The molecule has 1 aliphatic heterocycles. The van der Waals surface area contributed by atoms with Crippen LogP contribution in [0.2, 0.25) is 0 Å². The van der Waals surface area contributed by atoms with Gasteiger partial charge in [-0.25, -0.2) is 8.78 Å². The SMILES string of the molecule is CC(C)(C)C[C@H](N)C(=O)N1C[C@H]2CC[C@H](NC(=O)C(c3ccc(F)cc3)c3ccc(F)cc3)[C@H]2C1. The van der Waals surface area contributed by atoms with Crippen LogP contribution in [0.25, 0.3) is 0 Å². The van der Waals surface area contributed by atoms with Crippen LogP contribution in [-0.2, 0) is 9.59 Å². The average Bonchev–Trinajstić information content (AvgIpc) is 3.37. The fourth-order valence-corrected chi connectivity index (χ4v) is 5.68. The Kier molecular flexibility index (Phi) is 7.27. The van der Waals surface area contributed by atoms with Gasteiger partial charge in [-0.2, -0.15) is 0 Å². The molecular formula is C28H35F2N3O2. The number of halogens is 2. The molecule has 4 rings (SSSR count). The first-order chi connectivity index (χ1) is 16.5. The zero-order valence-corrected chi connectivity index (χ0v) is 20.6. The topological polar surface area (TPSA) is 75.4 Å². The fraction of sp³-hybridized carbons (Fsp3) is 0.500. The first-order valence-corrected chi connectivity index (χ1v) is 12.4. The van der Waals surface area contributed by atoms with Crippen molar-refractivity contribution in [1.82, 2.24) is 10.2 Å². The van der Waals surface area contributed by atoms with Gasteiger partial charge in [0.1, 0.15) is 11.6 Å². The molecule has 2 amide bonds. The smallest absolute Gasteiger partial charge is 0.239 e. The minimum atomic E-state index is -0.686. The van der Waals surface area contributed by atoms with Crippen molar-refractivity contribution in [1.29, 1.82) is 0 Å². The quantitative estimate of drug-likeness (QED) is 0.646. The van der Waals surface area contributed by atoms with E-state index in [1.54, 1.807) is 24.3 Å². The van der Waals surface area contributed by atoms with Gasteiger partial charge in [0.05, 0.1) is 12.0 Å². The van der Waals surface area contributed by atoms with E-state index in [1.807, 2.05) is 4.90 Å². The molecule has 2 aliphatic rings. The predicted molar refractivity (Wildman–Crippen MR) is 131 cm³/mol. The highest BCUT2D eigenvalue weighted by Crippen LogP contribution is 2.39. The second kappa shape index (κ2) is 10.1. The second-order valence-corrected chi connectivity index (χ2v) is 11.3. The van der Waals surface area contributed by atoms with E-state index in [1.165, 1.54) is 24.3 Å². The fourth-order valence-electron chi connectivity index (χ4n) is 5.68. The molecule has 0 aromatic heterocycles. The highest BCUT2D eigenvalue weighted by Gasteiger charge is 2.45. The van der Waals surface area contributed by atoms with Gasteiger partial charge >= 0.3 is 0 Å². The van der Waals surface area contributed by atoms with Crippen molar-refractivity contribution < 1.29 is 18.4 Å². The van der Waals surface area contributed by atoms with Crippen molar-refractivity contribution >= 4 is 11.8 Å². The molecule has 1 aliphatic carbocycles. The van der Waals surface area contributed by atoms with Gasteiger partial charge in [-0.15, -0.1) is 0 Å². The summed E-state index contributed by atoms with van der Waals surface area (Å²) >= 11 is 0. The van der Waals surface area contributed by atoms with Crippen molar-refractivity contribution in [2.45, 2.75) is 58.0 Å². The van der Waals surface area contributed by atoms with Crippen LogP contribution in [0.5, 0.6) is 0 Å². The number of amides is 2. The van der Waals surface area contributed by atoms with Gasteiger partial charge in [-0.1, -0.05) is 45.0 Å². The monoisotopic (exact) mass is 483 g/mol. The molecule has 2 aromatic carbocycles. The first-order valence-electron chi connectivity index (χ1n) is 12.4. The maximum atomic E-state index is 13.5. The minimum Gasteiger partial charge on any atom is -0.352 e. The number of nitrogens with two attached hydrogens (primary N) is 1. The van der Waals surface area contributed by atoms with Crippen molar-refractivity contribution in [3.05, 3.63) is 71.3 Å². The van der Waals surface area contributed by atoms with Crippen LogP contribution in [-0.4, -0.2) is 41.9 Å². The number of nitrogens with one attached hydrogen (secondary N) is 1. The molecule has 1 heterocycles. The molecule has 3 N–H and O–H groups in total. The highest BCUT2D eigenvalue weighted by molar-refractivity contribution is 5.87. The van der Waals surface area contributed by atoms with E-state index in [0.717, 1.165) is 12.8 Å². The van der Waals surface area contributed by atoms with E-state index in [-0.39, 0.29) is 40.8 Å². The Bertz CT molecular complexity index is 1000. The normalized spacial score (nSPS) is 22.8. The van der Waals surface area contributed by atoms with Gasteiger partial charge < -0.3 is 16.0 Å². The second-order valence-electron chi connectivity index (χ2n) is 11.3. The maximum Gasteiger partial charge on any atom is 0.239 e. The number of rotatable bonds is 6. The Labute approximate surface area is 206 Å². The summed E-state index contributed by atoms with van der Waals surface area (Å²) in [5, 5.41) is 3.21. The molecule has 188 valence electrons. The Morgan fingerprint density at radius 3 is 2.03 bits per heavy atom. The van der Waals surface area contributed by atoms with Crippen LogP contribution in [0, 0.1) is 28.9 Å². The predicted octanol–water partition coefficient (Wildman–Crippen LogP) is 4.21. The number of nitrogens with zero attached hydrogens (tertiary/aromatic N) is 1. The average molecular weight is 484 g/mol. The van der Waals surface area contributed by atoms with Crippen LogP contribution >= 0.6 is 0 Å². The summed E-state index contributed by atoms with van der Waals surface area (Å²) in [5.74, 6) is -1.17. The van der Waals surface area contributed by atoms with Crippen LogP contribution in [0.15, 0.2) is 48.5 Å². The van der Waals surface area contributed by atoms with Crippen LogP contribution in [0.1, 0.15) is 57.1 Å². The molecule has 1 saturated carbocycles. The Hall–Kier alpha value is -2.80. The van der Waals surface area contributed by atoms with E-state index in [0.29, 0.717) is 36.6 Å². The first kappa shape index (κ1) is 25.3. The number of benzene rings is 2. The third kappa shape index (κ3) is 5.89. The van der Waals surface area contributed by atoms with Crippen molar-refractivity contribution in [3.63, 3.8) is 0 Å². The number of carbonyl (C=O) groups is 2. The molecule has 35 heavy (non-hydrogen) atoms. The summed E-state index contributed by atoms with van der Waals surface area (Å²) in [6.45, 7) is 7.48. The van der Waals surface area contributed by atoms with E-state index in [9.17, 15) is 18.4 Å². The molecule has 1 saturated heterocycles. The molecular weight excluding hydrogens is 448 g/mol. The molecule has 2 aromatic rings. The molecule has 0 unspecified atom stereocenters. The minimum absolute atomic E-state index is 0.0186. The third-order valence-electron chi connectivity index (χ3n) is 7.31. The van der Waals surface area contributed by atoms with Crippen molar-refractivity contribution in [2.24, 2.45) is 23.0 Å². The standard InChI is InChI=1S/C28H35F2N3O2/c1-28(2,3)14-23(31)27(35)33-15-19-8-13-24(22(19)16-33)32-26(34)25(17-4-9-20(29)10-5-17)18-6-11-21(30)12-7-18/h4-7,9-12,19,22-25H,8,13-16,31H2,1-3H3,(H,32,34)/t19-,22+,23+,24+/m1/s1. The van der Waals surface area contributed by atoms with E-state index in [4.69, 9.17) is 5.73 Å². The zero-order chi connectivity index (χ0) is 25.3. The zero-order valence-electron chi connectivity index (χ0n) is 20.6. The highest BCUT2D eigenvalue weighted by atomic mass is 19.1. The Morgan fingerprint density at radius 2 is 1.51 bits per heavy atom. The molecule has 2 fully saturated rings. The molecule has 4 atom stereocenters. The summed E-state index contributed by atoms with van der Waals surface area (Å²) in [6, 6.07) is 11.1. The number of carbonyl (C=O) groups excluding carboxylic acids is 2. The Balaban J connectivity index is 1.47. The lowest BCUT2D eigenvalue weighted by Gasteiger charge is -2.28. The summed E-state index contributed by atoms with van der Waals surface area (Å²) in [4.78, 5) is 28.4. The van der Waals surface area contributed by atoms with Gasteiger partial charge in [-0.05, 0) is 66.0 Å². The number of fused-ring (bicyclic) bond motifs is 1. The number of hydrogen-bond donors (Lipinski definition) is 2.